The number of rotatable bonds is 7. The third-order valence-corrected chi connectivity index (χ3v) is 6.52. The zero-order valence-corrected chi connectivity index (χ0v) is 22.4. The number of methoxy groups -OCH3 is 1. The molecule has 0 saturated heterocycles. The van der Waals surface area contributed by atoms with E-state index in [2.05, 4.69) is 15.5 Å². The molecule has 5 aromatic rings. The van der Waals surface area contributed by atoms with Crippen molar-refractivity contribution in [3.63, 3.8) is 0 Å². The predicted octanol–water partition coefficient (Wildman–Crippen LogP) is 7.27. The lowest BCUT2D eigenvalue weighted by molar-refractivity contribution is 0.0729. The van der Waals surface area contributed by atoms with E-state index in [1.54, 1.807) is 18.2 Å². The Kier molecular flexibility index (Phi) is 7.82. The maximum atomic E-state index is 14.0. The molecule has 0 aliphatic rings. The van der Waals surface area contributed by atoms with Crippen molar-refractivity contribution in [1.82, 2.24) is 10.4 Å². The van der Waals surface area contributed by atoms with Gasteiger partial charge in [-0.05, 0) is 65.7 Å². The number of aromatic nitrogens is 1. The molecule has 5 rings (SSSR count). The molecule has 1 aromatic heterocycles. The van der Waals surface area contributed by atoms with Gasteiger partial charge in [-0.15, -0.1) is 0 Å². The normalized spacial score (nSPS) is 11.1. The summed E-state index contributed by atoms with van der Waals surface area (Å²) >= 11 is 12.0. The number of fused-ring (bicyclic) bond motifs is 1. The van der Waals surface area contributed by atoms with Gasteiger partial charge in [-0.2, -0.15) is 5.10 Å². The van der Waals surface area contributed by atoms with Crippen LogP contribution in [0.5, 0.6) is 11.5 Å². The number of esters is 1. The Bertz CT molecular complexity index is 1770. The average molecular weight is 576 g/mol. The highest BCUT2D eigenvalue weighted by Gasteiger charge is 2.20. The Morgan fingerprint density at radius 3 is 2.50 bits per heavy atom. The van der Waals surface area contributed by atoms with Crippen molar-refractivity contribution >= 4 is 52.2 Å². The molecule has 0 fully saturated rings. The van der Waals surface area contributed by atoms with Crippen LogP contribution in [0.2, 0.25) is 10.0 Å². The van der Waals surface area contributed by atoms with Gasteiger partial charge in [0.25, 0.3) is 5.91 Å². The molecule has 0 aliphatic heterocycles. The lowest BCUT2D eigenvalue weighted by Gasteiger charge is -2.10. The number of aromatic amines is 1. The molecule has 0 saturated carbocycles. The quantitative estimate of drug-likeness (QED) is 0.0923. The Morgan fingerprint density at radius 2 is 1.75 bits per heavy atom. The van der Waals surface area contributed by atoms with Crippen LogP contribution in [0.25, 0.3) is 22.0 Å². The van der Waals surface area contributed by atoms with Gasteiger partial charge in [0.2, 0.25) is 0 Å². The second-order valence-corrected chi connectivity index (χ2v) is 9.40. The van der Waals surface area contributed by atoms with Gasteiger partial charge in [0.15, 0.2) is 11.5 Å². The molecule has 1 amide bonds. The molecule has 7 nitrogen and oxygen atoms in total. The number of ether oxygens (including phenoxy) is 2. The fourth-order valence-corrected chi connectivity index (χ4v) is 4.60. The van der Waals surface area contributed by atoms with E-state index in [0.29, 0.717) is 27.1 Å². The van der Waals surface area contributed by atoms with Crippen LogP contribution in [-0.4, -0.2) is 30.2 Å². The van der Waals surface area contributed by atoms with Crippen LogP contribution in [0.15, 0.2) is 90.0 Å². The van der Waals surface area contributed by atoms with Crippen molar-refractivity contribution in [2.45, 2.75) is 0 Å². The summed E-state index contributed by atoms with van der Waals surface area (Å²) in [5.74, 6) is -1.17. The lowest BCUT2D eigenvalue weighted by atomic mass is 10.0. The monoisotopic (exact) mass is 575 g/mol. The van der Waals surface area contributed by atoms with Crippen molar-refractivity contribution in [2.24, 2.45) is 5.10 Å². The Morgan fingerprint density at radius 1 is 0.950 bits per heavy atom. The van der Waals surface area contributed by atoms with Crippen molar-refractivity contribution in [3.05, 3.63) is 118 Å². The summed E-state index contributed by atoms with van der Waals surface area (Å²) in [4.78, 5) is 28.8. The summed E-state index contributed by atoms with van der Waals surface area (Å²) < 4.78 is 24.8. The number of nitrogens with zero attached hydrogens (tertiary/aromatic N) is 1. The van der Waals surface area contributed by atoms with Gasteiger partial charge < -0.3 is 14.5 Å². The fraction of sp³-hybridized carbons (Fsp3) is 0.0333. The van der Waals surface area contributed by atoms with Gasteiger partial charge in [-0.25, -0.2) is 14.6 Å². The minimum Gasteiger partial charge on any atom is -0.493 e. The first-order valence-electron chi connectivity index (χ1n) is 11.9. The maximum absolute atomic E-state index is 14.0. The van der Waals surface area contributed by atoms with E-state index in [1.165, 1.54) is 49.7 Å². The minimum atomic E-state index is -0.680. The molecule has 2 N–H and O–H groups in total. The van der Waals surface area contributed by atoms with Gasteiger partial charge in [-0.1, -0.05) is 53.5 Å². The first-order valence-corrected chi connectivity index (χ1v) is 12.6. The van der Waals surface area contributed by atoms with Crippen LogP contribution in [0.3, 0.4) is 0 Å². The van der Waals surface area contributed by atoms with Crippen LogP contribution in [0.1, 0.15) is 26.4 Å². The van der Waals surface area contributed by atoms with E-state index in [0.717, 1.165) is 5.56 Å². The minimum absolute atomic E-state index is 0.149. The number of amides is 1. The molecule has 0 bridgehead atoms. The topological polar surface area (TPSA) is 92.8 Å². The zero-order valence-electron chi connectivity index (χ0n) is 20.9. The highest BCUT2D eigenvalue weighted by atomic mass is 35.5. The molecular formula is C30H20Cl2FN3O4. The van der Waals surface area contributed by atoms with Crippen LogP contribution in [-0.2, 0) is 0 Å². The molecule has 0 spiro atoms. The van der Waals surface area contributed by atoms with Crippen molar-refractivity contribution in [2.75, 3.05) is 7.11 Å². The number of hydrazone groups is 1. The lowest BCUT2D eigenvalue weighted by Crippen LogP contribution is -2.18. The number of hydrogen-bond acceptors (Lipinski definition) is 5. The number of benzene rings is 4. The van der Waals surface area contributed by atoms with E-state index in [4.69, 9.17) is 32.7 Å². The van der Waals surface area contributed by atoms with Gasteiger partial charge in [0.1, 0.15) is 11.5 Å². The number of halogens is 3. The predicted molar refractivity (Wildman–Crippen MR) is 153 cm³/mol. The Balaban J connectivity index is 1.35. The molecule has 1 heterocycles. The van der Waals surface area contributed by atoms with Gasteiger partial charge in [0.05, 0.1) is 23.9 Å². The molecule has 0 atom stereocenters. The summed E-state index contributed by atoms with van der Waals surface area (Å²) in [6, 6.07) is 22.7. The van der Waals surface area contributed by atoms with E-state index >= 15 is 0 Å². The van der Waals surface area contributed by atoms with Crippen molar-refractivity contribution < 1.29 is 23.5 Å². The molecular weight excluding hydrogens is 556 g/mol. The maximum Gasteiger partial charge on any atom is 0.345 e. The van der Waals surface area contributed by atoms with E-state index in [1.807, 2.05) is 30.3 Å². The SMILES string of the molecule is COc1cc(C=NNC(=O)c2[nH]c3ccc(F)cc3c2-c2ccccc2)ccc1OC(=O)c1ccc(Cl)cc1Cl. The van der Waals surface area contributed by atoms with Crippen molar-refractivity contribution in [3.8, 4) is 22.6 Å². The number of H-pyrrole nitrogens is 1. The fourth-order valence-electron chi connectivity index (χ4n) is 4.12. The number of nitrogens with one attached hydrogen (secondary N) is 2. The van der Waals surface area contributed by atoms with Crippen molar-refractivity contribution in [1.29, 1.82) is 0 Å². The second-order valence-electron chi connectivity index (χ2n) is 8.55. The summed E-state index contributed by atoms with van der Waals surface area (Å²) in [7, 11) is 1.43. The Labute approximate surface area is 238 Å². The number of carbonyl (C=O) groups is 2. The molecule has 4 aromatic carbocycles. The summed E-state index contributed by atoms with van der Waals surface area (Å²) in [5, 5.41) is 5.19. The van der Waals surface area contributed by atoms with Gasteiger partial charge >= 0.3 is 5.97 Å². The summed E-state index contributed by atoms with van der Waals surface area (Å²) in [6.07, 6.45) is 1.41. The van der Waals surface area contributed by atoms with Gasteiger partial charge in [0, 0.05) is 21.5 Å². The average Bonchev–Trinajstić information content (AvgIpc) is 3.32. The number of hydrogen-bond donors (Lipinski definition) is 2. The first kappa shape index (κ1) is 26.9. The van der Waals surface area contributed by atoms with Crippen LogP contribution < -0.4 is 14.9 Å². The zero-order chi connectivity index (χ0) is 28.2. The number of carbonyl (C=O) groups excluding carboxylic acids is 2. The smallest absolute Gasteiger partial charge is 0.345 e. The van der Waals surface area contributed by atoms with Crippen LogP contribution in [0.4, 0.5) is 4.39 Å². The third-order valence-electron chi connectivity index (χ3n) is 5.97. The third kappa shape index (κ3) is 5.68. The largest absolute Gasteiger partial charge is 0.493 e. The Hall–Kier alpha value is -4.66. The molecule has 0 radical (unpaired) electrons. The highest BCUT2D eigenvalue weighted by molar-refractivity contribution is 6.36. The van der Waals surface area contributed by atoms with E-state index < -0.39 is 17.7 Å². The summed E-state index contributed by atoms with van der Waals surface area (Å²) in [6.45, 7) is 0. The van der Waals surface area contributed by atoms with Crippen LogP contribution in [0, 0.1) is 5.82 Å². The van der Waals surface area contributed by atoms with E-state index in [-0.39, 0.29) is 27.8 Å². The molecule has 0 aliphatic carbocycles. The molecule has 0 unspecified atom stereocenters. The van der Waals surface area contributed by atoms with Crippen LogP contribution >= 0.6 is 23.2 Å². The standard InChI is InChI=1S/C30H20Cl2FN3O4/c1-39-26-13-17(7-12-25(26)40-30(38)21-10-8-19(31)14-23(21)32)16-34-36-29(37)28-27(18-5-3-2-4-6-18)22-15-20(33)9-11-24(22)35-28/h2-16,35H,1H3,(H,36,37). The van der Waals surface area contributed by atoms with E-state index in [9.17, 15) is 14.0 Å². The van der Waals surface area contributed by atoms with Gasteiger partial charge in [-0.3, -0.25) is 4.79 Å². The molecule has 200 valence electrons. The molecule has 10 heteroatoms. The second kappa shape index (κ2) is 11.6. The molecule has 40 heavy (non-hydrogen) atoms. The summed E-state index contributed by atoms with van der Waals surface area (Å²) in [5.41, 5.74) is 5.39. The first-order chi connectivity index (χ1) is 19.3. The highest BCUT2D eigenvalue weighted by Crippen LogP contribution is 2.33.